The smallest absolute Gasteiger partial charge is 0.229 e. The van der Waals surface area contributed by atoms with Crippen molar-refractivity contribution in [2.75, 3.05) is 10.6 Å². The first-order chi connectivity index (χ1) is 16.6. The third-order valence-electron chi connectivity index (χ3n) is 5.60. The SMILES string of the molecule is CCc1c(F)c(NC(=O)C(C)(C)C)c2c(=O)cc(-c3ccc(NC(=O)C(C)(C)C)c(F)c3)oc2c1F. The molecular weight excluding hydrogens is 473 g/mol. The molecule has 0 radical (unpaired) electrons. The van der Waals surface area contributed by atoms with E-state index in [4.69, 9.17) is 4.42 Å². The summed E-state index contributed by atoms with van der Waals surface area (Å²) in [5.41, 5.74) is -3.83. The van der Waals surface area contributed by atoms with Gasteiger partial charge in [0.1, 0.15) is 11.6 Å². The number of carbonyl (C=O) groups is 2. The van der Waals surface area contributed by atoms with Crippen LogP contribution >= 0.6 is 0 Å². The first kappa shape index (κ1) is 27.0. The first-order valence-electron chi connectivity index (χ1n) is 11.5. The van der Waals surface area contributed by atoms with Crippen molar-refractivity contribution in [3.05, 3.63) is 57.5 Å². The van der Waals surface area contributed by atoms with Crippen LogP contribution in [-0.4, -0.2) is 11.8 Å². The van der Waals surface area contributed by atoms with E-state index in [-0.39, 0.29) is 29.0 Å². The van der Waals surface area contributed by atoms with E-state index < -0.39 is 62.2 Å². The third-order valence-corrected chi connectivity index (χ3v) is 5.60. The van der Waals surface area contributed by atoms with E-state index in [1.54, 1.807) is 41.5 Å². The van der Waals surface area contributed by atoms with Crippen molar-refractivity contribution in [3.8, 4) is 11.3 Å². The minimum absolute atomic E-state index is 0.0727. The molecule has 1 aromatic heterocycles. The highest BCUT2D eigenvalue weighted by molar-refractivity contribution is 6.03. The van der Waals surface area contributed by atoms with Crippen LogP contribution in [0, 0.1) is 28.3 Å². The Labute approximate surface area is 206 Å². The zero-order chi connectivity index (χ0) is 27.2. The summed E-state index contributed by atoms with van der Waals surface area (Å²) in [6.07, 6.45) is -0.0727. The van der Waals surface area contributed by atoms with Gasteiger partial charge in [0.2, 0.25) is 11.8 Å². The summed E-state index contributed by atoms with van der Waals surface area (Å²) in [6, 6.07) is 4.70. The number of hydrogen-bond donors (Lipinski definition) is 2. The van der Waals surface area contributed by atoms with Gasteiger partial charge in [0.15, 0.2) is 22.6 Å². The Balaban J connectivity index is 2.18. The fraction of sp³-hybridized carbons (Fsp3) is 0.370. The topological polar surface area (TPSA) is 88.4 Å². The lowest BCUT2D eigenvalue weighted by atomic mass is 9.95. The summed E-state index contributed by atoms with van der Waals surface area (Å²) in [5.74, 6) is -4.06. The third kappa shape index (κ3) is 5.15. The van der Waals surface area contributed by atoms with E-state index in [0.29, 0.717) is 0 Å². The Hall–Kier alpha value is -3.62. The second-order valence-electron chi connectivity index (χ2n) is 10.6. The maximum absolute atomic E-state index is 15.2. The Morgan fingerprint density at radius 3 is 2.00 bits per heavy atom. The van der Waals surface area contributed by atoms with Crippen molar-refractivity contribution in [3.63, 3.8) is 0 Å². The molecule has 9 heteroatoms. The van der Waals surface area contributed by atoms with Crippen LogP contribution in [0.3, 0.4) is 0 Å². The van der Waals surface area contributed by atoms with Crippen LogP contribution in [0.4, 0.5) is 24.5 Å². The lowest BCUT2D eigenvalue weighted by molar-refractivity contribution is -0.123. The maximum Gasteiger partial charge on any atom is 0.229 e. The molecule has 0 fully saturated rings. The number of hydrogen-bond acceptors (Lipinski definition) is 4. The Morgan fingerprint density at radius 2 is 1.47 bits per heavy atom. The van der Waals surface area contributed by atoms with Gasteiger partial charge in [0.05, 0.1) is 16.8 Å². The molecule has 6 nitrogen and oxygen atoms in total. The molecule has 0 saturated carbocycles. The molecule has 2 N–H and O–H groups in total. The minimum atomic E-state index is -1.08. The van der Waals surface area contributed by atoms with E-state index in [1.807, 2.05) is 0 Å². The molecule has 2 aromatic carbocycles. The number of anilines is 2. The lowest BCUT2D eigenvalue weighted by Gasteiger charge is -2.20. The highest BCUT2D eigenvalue weighted by Gasteiger charge is 2.28. The van der Waals surface area contributed by atoms with E-state index >= 15 is 8.78 Å². The first-order valence-corrected chi connectivity index (χ1v) is 11.5. The summed E-state index contributed by atoms with van der Waals surface area (Å²) in [5, 5.41) is 4.43. The molecule has 3 aromatic rings. The van der Waals surface area contributed by atoms with Crippen LogP contribution in [-0.2, 0) is 16.0 Å². The summed E-state index contributed by atoms with van der Waals surface area (Å²) in [6.45, 7) is 11.4. The molecule has 0 spiro atoms. The molecule has 192 valence electrons. The molecule has 0 saturated heterocycles. The number of carbonyl (C=O) groups excluding carboxylic acids is 2. The molecule has 0 aliphatic carbocycles. The van der Waals surface area contributed by atoms with Crippen LogP contribution in [0.1, 0.15) is 54.0 Å². The zero-order valence-electron chi connectivity index (χ0n) is 21.3. The van der Waals surface area contributed by atoms with Crippen LogP contribution in [0.5, 0.6) is 0 Å². The lowest BCUT2D eigenvalue weighted by Crippen LogP contribution is -2.29. The Kier molecular flexibility index (Phi) is 7.08. The average molecular weight is 503 g/mol. The molecule has 36 heavy (non-hydrogen) atoms. The van der Waals surface area contributed by atoms with Gasteiger partial charge in [-0.2, -0.15) is 0 Å². The standard InChI is InChI=1S/C27H29F3N2O4/c1-8-14-20(29)22(32-25(35)27(5,6)7)19-17(33)12-18(36-23(19)21(14)30)13-9-10-16(15(28)11-13)31-24(34)26(2,3)4/h9-12H,8H2,1-7H3,(H,31,34)(H,32,35). The summed E-state index contributed by atoms with van der Waals surface area (Å²) < 4.78 is 50.8. The maximum atomic E-state index is 15.2. The van der Waals surface area contributed by atoms with Gasteiger partial charge >= 0.3 is 0 Å². The van der Waals surface area contributed by atoms with Gasteiger partial charge in [-0.05, 0) is 24.6 Å². The van der Waals surface area contributed by atoms with Crippen molar-refractivity contribution in [1.29, 1.82) is 0 Å². The molecule has 0 unspecified atom stereocenters. The molecule has 3 rings (SSSR count). The van der Waals surface area contributed by atoms with Gasteiger partial charge in [0.25, 0.3) is 0 Å². The number of fused-ring (bicyclic) bond motifs is 1. The van der Waals surface area contributed by atoms with Crippen molar-refractivity contribution >= 4 is 34.2 Å². The number of benzene rings is 2. The quantitative estimate of drug-likeness (QED) is 0.432. The van der Waals surface area contributed by atoms with Crippen LogP contribution in [0.2, 0.25) is 0 Å². The normalized spacial score (nSPS) is 12.1. The van der Waals surface area contributed by atoms with Gasteiger partial charge < -0.3 is 15.1 Å². The summed E-state index contributed by atoms with van der Waals surface area (Å²) >= 11 is 0. The van der Waals surface area contributed by atoms with Crippen LogP contribution < -0.4 is 16.1 Å². The molecule has 0 aliphatic rings. The number of amides is 2. The van der Waals surface area contributed by atoms with E-state index in [2.05, 4.69) is 10.6 Å². The van der Waals surface area contributed by atoms with Gasteiger partial charge in [-0.1, -0.05) is 48.5 Å². The van der Waals surface area contributed by atoms with Crippen LogP contribution in [0.15, 0.2) is 33.5 Å². The van der Waals surface area contributed by atoms with E-state index in [0.717, 1.165) is 12.1 Å². The number of nitrogens with one attached hydrogen (secondary N) is 2. The average Bonchev–Trinajstić information content (AvgIpc) is 2.76. The predicted molar refractivity (Wildman–Crippen MR) is 133 cm³/mol. The van der Waals surface area contributed by atoms with Crippen molar-refractivity contribution < 1.29 is 27.2 Å². The minimum Gasteiger partial charge on any atom is -0.453 e. The second kappa shape index (κ2) is 9.44. The van der Waals surface area contributed by atoms with Crippen molar-refractivity contribution in [1.82, 2.24) is 0 Å². The highest BCUT2D eigenvalue weighted by atomic mass is 19.1. The zero-order valence-corrected chi connectivity index (χ0v) is 21.3. The van der Waals surface area contributed by atoms with Crippen molar-refractivity contribution in [2.24, 2.45) is 10.8 Å². The summed E-state index contributed by atoms with van der Waals surface area (Å²) in [7, 11) is 0. The second-order valence-corrected chi connectivity index (χ2v) is 10.6. The predicted octanol–water partition coefficient (Wildman–Crippen LogP) is 6.41. The molecule has 1 heterocycles. The highest BCUT2D eigenvalue weighted by Crippen LogP contribution is 2.35. The van der Waals surface area contributed by atoms with Crippen molar-refractivity contribution in [2.45, 2.75) is 54.9 Å². The largest absolute Gasteiger partial charge is 0.453 e. The molecule has 0 aliphatic heterocycles. The van der Waals surface area contributed by atoms with Gasteiger partial charge in [-0.15, -0.1) is 0 Å². The molecule has 2 amide bonds. The monoisotopic (exact) mass is 502 g/mol. The molecular formula is C27H29F3N2O4. The van der Waals surface area contributed by atoms with Gasteiger partial charge in [-0.3, -0.25) is 14.4 Å². The van der Waals surface area contributed by atoms with E-state index in [1.165, 1.54) is 19.1 Å². The van der Waals surface area contributed by atoms with E-state index in [9.17, 15) is 18.8 Å². The summed E-state index contributed by atoms with van der Waals surface area (Å²) in [4.78, 5) is 37.8. The number of halogens is 3. The van der Waals surface area contributed by atoms with Crippen LogP contribution in [0.25, 0.3) is 22.3 Å². The Morgan fingerprint density at radius 1 is 0.889 bits per heavy atom. The molecule has 0 bridgehead atoms. The van der Waals surface area contributed by atoms with Gasteiger partial charge in [-0.25, -0.2) is 13.2 Å². The number of rotatable bonds is 4. The fourth-order valence-electron chi connectivity index (χ4n) is 3.33. The molecule has 0 atom stereocenters. The van der Waals surface area contributed by atoms with Gasteiger partial charge in [0, 0.05) is 28.0 Å². The fourth-order valence-corrected chi connectivity index (χ4v) is 3.33. The Bertz CT molecular complexity index is 1430.